The lowest BCUT2D eigenvalue weighted by atomic mass is 10.00. The molecule has 3 rings (SSSR count). The predicted molar refractivity (Wildman–Crippen MR) is 142 cm³/mol. The Hall–Kier alpha value is -2.95. The number of aromatic nitrogens is 1. The Labute approximate surface area is 208 Å². The van der Waals surface area contributed by atoms with Crippen molar-refractivity contribution in [1.82, 2.24) is 4.57 Å². The van der Waals surface area contributed by atoms with Gasteiger partial charge in [-0.05, 0) is 62.1 Å². The van der Waals surface area contributed by atoms with Gasteiger partial charge in [-0.15, -0.1) is 0 Å². The number of rotatable bonds is 16. The van der Waals surface area contributed by atoms with E-state index in [1.54, 1.807) is 0 Å². The lowest BCUT2D eigenvalue weighted by molar-refractivity contribution is -0.137. The first kappa shape index (κ1) is 26.7. The number of carbonyl (C=O) groups excluding carboxylic acids is 2. The molecule has 0 spiro atoms. The van der Waals surface area contributed by atoms with Crippen LogP contribution in [-0.2, 0) is 11.3 Å². The van der Waals surface area contributed by atoms with Crippen molar-refractivity contribution in [2.24, 2.45) is 0 Å². The average molecular weight is 478 g/mol. The third-order valence-corrected chi connectivity index (χ3v) is 6.80. The van der Waals surface area contributed by atoms with Crippen molar-refractivity contribution in [1.29, 1.82) is 0 Å². The van der Waals surface area contributed by atoms with Crippen molar-refractivity contribution in [2.45, 2.75) is 97.4 Å². The third-order valence-electron chi connectivity index (χ3n) is 6.80. The Kier molecular flexibility index (Phi) is 10.1. The fourth-order valence-corrected chi connectivity index (χ4v) is 4.77. The van der Waals surface area contributed by atoms with Crippen LogP contribution in [-0.4, -0.2) is 27.2 Å². The van der Waals surface area contributed by atoms with Crippen LogP contribution >= 0.6 is 0 Å². The zero-order valence-electron chi connectivity index (χ0n) is 21.3. The third kappa shape index (κ3) is 7.03. The number of benzene rings is 2. The van der Waals surface area contributed by atoms with Crippen LogP contribution in [0, 0.1) is 0 Å². The van der Waals surface area contributed by atoms with Gasteiger partial charge in [0, 0.05) is 58.7 Å². The second kappa shape index (κ2) is 13.2. The number of aliphatic carboxylic acids is 1. The number of nitrogens with zero attached hydrogens (tertiary/aromatic N) is 1. The van der Waals surface area contributed by atoms with Gasteiger partial charge >= 0.3 is 5.97 Å². The van der Waals surface area contributed by atoms with E-state index >= 15 is 0 Å². The maximum Gasteiger partial charge on any atom is 0.303 e. The van der Waals surface area contributed by atoms with E-state index in [-0.39, 0.29) is 18.0 Å². The molecule has 0 unspecified atom stereocenters. The molecule has 35 heavy (non-hydrogen) atoms. The molecule has 2 aromatic carbocycles. The van der Waals surface area contributed by atoms with Gasteiger partial charge < -0.3 is 9.67 Å². The molecular weight excluding hydrogens is 438 g/mol. The highest BCUT2D eigenvalue weighted by atomic mass is 16.4. The van der Waals surface area contributed by atoms with Crippen LogP contribution in [0.1, 0.15) is 112 Å². The normalized spacial score (nSPS) is 11.4. The van der Waals surface area contributed by atoms with E-state index in [2.05, 4.69) is 18.4 Å². The number of fused-ring (bicyclic) bond motifs is 3. The molecule has 1 aromatic heterocycles. The number of aryl methyl sites for hydroxylation is 1. The van der Waals surface area contributed by atoms with Crippen LogP contribution in [0.2, 0.25) is 0 Å². The van der Waals surface area contributed by atoms with Crippen molar-refractivity contribution < 1.29 is 19.5 Å². The van der Waals surface area contributed by atoms with Gasteiger partial charge in [0.1, 0.15) is 0 Å². The zero-order valence-corrected chi connectivity index (χ0v) is 21.3. The summed E-state index contributed by atoms with van der Waals surface area (Å²) >= 11 is 0. The average Bonchev–Trinajstić information content (AvgIpc) is 3.16. The molecule has 3 aromatic rings. The minimum atomic E-state index is -0.755. The van der Waals surface area contributed by atoms with Crippen LogP contribution < -0.4 is 0 Å². The fraction of sp³-hybridized carbons (Fsp3) is 0.500. The first-order chi connectivity index (χ1) is 17.0. The molecular formula is C30H39NO4. The zero-order chi connectivity index (χ0) is 25.2. The summed E-state index contributed by atoms with van der Waals surface area (Å²) in [5.74, 6) is -0.419. The number of carbonyl (C=O) groups is 3. The van der Waals surface area contributed by atoms with Gasteiger partial charge in [-0.1, -0.05) is 46.0 Å². The topological polar surface area (TPSA) is 76.4 Å². The van der Waals surface area contributed by atoms with Gasteiger partial charge in [0.15, 0.2) is 11.6 Å². The van der Waals surface area contributed by atoms with Crippen LogP contribution in [0.5, 0.6) is 0 Å². The van der Waals surface area contributed by atoms with Crippen molar-refractivity contribution >= 4 is 39.3 Å². The van der Waals surface area contributed by atoms with Crippen molar-refractivity contribution in [3.05, 3.63) is 47.5 Å². The number of Topliss-reactive ketones (excluding diaryl/α,β-unsaturated/α-hetero) is 2. The Morgan fingerprint density at radius 3 is 1.60 bits per heavy atom. The summed E-state index contributed by atoms with van der Waals surface area (Å²) in [6.45, 7) is 5.04. The number of carboxylic acids is 1. The summed E-state index contributed by atoms with van der Waals surface area (Å²) in [6.07, 6.45) is 9.78. The van der Waals surface area contributed by atoms with Crippen LogP contribution in [0.4, 0.5) is 0 Å². The van der Waals surface area contributed by atoms with E-state index in [0.29, 0.717) is 19.3 Å². The van der Waals surface area contributed by atoms with Gasteiger partial charge in [0.25, 0.3) is 0 Å². The molecule has 0 amide bonds. The predicted octanol–water partition coefficient (Wildman–Crippen LogP) is 7.97. The Morgan fingerprint density at radius 1 is 0.657 bits per heavy atom. The van der Waals surface area contributed by atoms with Gasteiger partial charge in [-0.3, -0.25) is 14.4 Å². The van der Waals surface area contributed by atoms with Crippen molar-refractivity contribution in [3.8, 4) is 0 Å². The molecule has 0 atom stereocenters. The highest BCUT2D eigenvalue weighted by molar-refractivity contribution is 6.13. The maximum atomic E-state index is 12.8. The molecule has 5 heteroatoms. The monoisotopic (exact) mass is 477 g/mol. The summed E-state index contributed by atoms with van der Waals surface area (Å²) in [5, 5.41) is 10.9. The van der Waals surface area contributed by atoms with E-state index < -0.39 is 5.97 Å². The molecule has 5 nitrogen and oxygen atoms in total. The molecule has 1 N–H and O–H groups in total. The number of unbranched alkanes of at least 4 members (excludes halogenated alkanes) is 6. The Balaban J connectivity index is 1.95. The van der Waals surface area contributed by atoms with Gasteiger partial charge in [0.2, 0.25) is 0 Å². The first-order valence-corrected chi connectivity index (χ1v) is 13.3. The quantitative estimate of drug-likeness (QED) is 0.168. The second-order valence-corrected chi connectivity index (χ2v) is 9.58. The molecule has 0 fully saturated rings. The summed E-state index contributed by atoms with van der Waals surface area (Å²) in [5.41, 5.74) is 3.57. The maximum absolute atomic E-state index is 12.8. The van der Waals surface area contributed by atoms with Gasteiger partial charge in [-0.2, -0.15) is 0 Å². The van der Waals surface area contributed by atoms with E-state index in [9.17, 15) is 14.4 Å². The van der Waals surface area contributed by atoms with E-state index in [0.717, 1.165) is 90.8 Å². The first-order valence-electron chi connectivity index (χ1n) is 13.3. The Bertz CT molecular complexity index is 1090. The van der Waals surface area contributed by atoms with Crippen molar-refractivity contribution in [3.63, 3.8) is 0 Å². The van der Waals surface area contributed by atoms with Crippen LogP contribution in [0.25, 0.3) is 21.8 Å². The van der Waals surface area contributed by atoms with E-state index in [4.69, 9.17) is 5.11 Å². The van der Waals surface area contributed by atoms with Crippen LogP contribution in [0.3, 0.4) is 0 Å². The Morgan fingerprint density at radius 2 is 1.14 bits per heavy atom. The summed E-state index contributed by atoms with van der Waals surface area (Å²) in [6, 6.07) is 11.9. The highest BCUT2D eigenvalue weighted by Gasteiger charge is 2.16. The lowest BCUT2D eigenvalue weighted by Crippen LogP contribution is -2.01. The smallest absolute Gasteiger partial charge is 0.303 e. The standard InChI is InChI=1S/C30H39NO4/c1-3-5-8-12-28(32)22-15-17-26-24(20-22)25-21-23(29(33)13-9-6-4-2)16-18-27(25)31(26)19-11-7-10-14-30(34)35/h15-18,20-21H,3-14,19H2,1-2H3,(H,34,35). The largest absolute Gasteiger partial charge is 0.481 e. The summed E-state index contributed by atoms with van der Waals surface area (Å²) in [7, 11) is 0. The number of hydrogen-bond donors (Lipinski definition) is 1. The number of hydrogen-bond acceptors (Lipinski definition) is 3. The minimum Gasteiger partial charge on any atom is -0.481 e. The van der Waals surface area contributed by atoms with Gasteiger partial charge in [0.05, 0.1) is 0 Å². The molecule has 0 bridgehead atoms. The SMILES string of the molecule is CCCCCC(=O)c1ccc2c(c1)c1cc(C(=O)CCCCC)ccc1n2CCCCCC(=O)O. The molecule has 1 heterocycles. The highest BCUT2D eigenvalue weighted by Crippen LogP contribution is 2.32. The fourth-order valence-electron chi connectivity index (χ4n) is 4.77. The molecule has 0 saturated heterocycles. The van der Waals surface area contributed by atoms with E-state index in [1.807, 2.05) is 36.4 Å². The second-order valence-electron chi connectivity index (χ2n) is 9.58. The summed E-state index contributed by atoms with van der Waals surface area (Å²) < 4.78 is 2.25. The molecule has 0 saturated carbocycles. The molecule has 0 radical (unpaired) electrons. The lowest BCUT2D eigenvalue weighted by Gasteiger charge is -2.08. The van der Waals surface area contributed by atoms with Gasteiger partial charge in [-0.25, -0.2) is 0 Å². The summed E-state index contributed by atoms with van der Waals surface area (Å²) in [4.78, 5) is 36.5. The van der Waals surface area contributed by atoms with E-state index in [1.165, 1.54) is 0 Å². The molecule has 0 aliphatic carbocycles. The minimum absolute atomic E-state index is 0.168. The van der Waals surface area contributed by atoms with Crippen molar-refractivity contribution in [2.75, 3.05) is 0 Å². The van der Waals surface area contributed by atoms with Crippen LogP contribution in [0.15, 0.2) is 36.4 Å². The number of carboxylic acid groups (broad SMARTS) is 1. The number of ketones is 2. The molecule has 188 valence electrons. The molecule has 0 aliphatic heterocycles. The molecule has 0 aliphatic rings.